The van der Waals surface area contributed by atoms with Crippen LogP contribution in [0.2, 0.25) is 0 Å². The van der Waals surface area contributed by atoms with Crippen LogP contribution in [0.15, 0.2) is 0 Å². The molecule has 0 aromatic rings. The second kappa shape index (κ2) is 87.5. The van der Waals surface area contributed by atoms with Crippen molar-refractivity contribution in [3.05, 3.63) is 0 Å². The molecule has 4 heteroatoms. The Balaban J connectivity index is -0.00000000500. The first-order valence-electron chi connectivity index (χ1n) is 0.154. The Morgan fingerprint density at radius 2 is 1.25 bits per heavy atom. The van der Waals surface area contributed by atoms with Gasteiger partial charge in [0.1, 0.15) is 0 Å². The van der Waals surface area contributed by atoms with E-state index in [1.165, 1.54) is 0 Å². The maximum Gasteiger partial charge on any atom is 0.0903 e. The van der Waals surface area contributed by atoms with E-state index >= 15 is 0 Å². The quantitative estimate of drug-likeness (QED) is 0.436. The van der Waals surface area contributed by atoms with Gasteiger partial charge in [-0.15, -0.1) is 0 Å². The van der Waals surface area contributed by atoms with Gasteiger partial charge in [-0.05, 0) is 0 Å². The fraction of sp³-hybridized carbons (Fsp3) is 0. The largest absolute Gasteiger partial charge is 0.769 e. The number of halogens is 2. The van der Waals surface area contributed by atoms with Crippen molar-refractivity contribution in [2.45, 2.75) is 0 Å². The molecule has 0 fully saturated rings. The summed E-state index contributed by atoms with van der Waals surface area (Å²) >= 11 is 3.39. The molecule has 0 aromatic carbocycles. The molecule has 2 nitrogen and oxygen atoms in total. The standard InChI is InChI=1S/ClO.ClH2.H3N/c1-2;;/h;1H2;1H3/q-1;+1;. The first-order valence-corrected chi connectivity index (χ1v) is 0.463. The Bertz CT molecular complexity index is 6.00. The van der Waals surface area contributed by atoms with Crippen molar-refractivity contribution in [1.29, 1.82) is 0 Å². The minimum Gasteiger partial charge on any atom is -0.769 e. The normalized spacial score (nSPS) is 1.50. The SMILES string of the molecule is N.[ClH2+].[O-]Cl. The molecule has 3 N–H and O–H groups in total. The predicted octanol–water partition coefficient (Wildman–Crippen LogP) is -0.873. The van der Waals surface area contributed by atoms with E-state index < -0.39 is 0 Å². The summed E-state index contributed by atoms with van der Waals surface area (Å²) in [6.45, 7) is 0. The van der Waals surface area contributed by atoms with Gasteiger partial charge in [-0.3, -0.25) is 0 Å². The van der Waals surface area contributed by atoms with Crippen LogP contribution in [0.3, 0.4) is 0 Å². The molecule has 0 saturated heterocycles. The zero-order valence-electron chi connectivity index (χ0n) is 1.94. The van der Waals surface area contributed by atoms with E-state index in [4.69, 9.17) is 4.66 Å². The fourth-order valence-corrected chi connectivity index (χ4v) is 0. The maximum atomic E-state index is 7.72. The lowest BCUT2D eigenvalue weighted by molar-refractivity contribution is -0.166. The van der Waals surface area contributed by atoms with Crippen molar-refractivity contribution in [2.24, 2.45) is 0 Å². The zero-order chi connectivity index (χ0) is 2.00. The van der Waals surface area contributed by atoms with Gasteiger partial charge in [-0.25, -0.2) is 11.9 Å². The van der Waals surface area contributed by atoms with E-state index in [0.29, 0.717) is 0 Å². The van der Waals surface area contributed by atoms with Crippen LogP contribution in [0.25, 0.3) is 0 Å². The zero-order valence-corrected chi connectivity index (χ0v) is 3.59. The lowest BCUT2D eigenvalue weighted by atomic mass is 14.0. The summed E-state index contributed by atoms with van der Waals surface area (Å²) in [6, 6.07) is 0. The second-order valence-electron chi connectivity index (χ2n) is 0. The molecule has 0 aliphatic heterocycles. The lowest BCUT2D eigenvalue weighted by Gasteiger charge is -1.54. The molecular weight excluding hydrogens is 101 g/mol. The molecule has 0 aromatic heterocycles. The summed E-state index contributed by atoms with van der Waals surface area (Å²) in [6.07, 6.45) is 0. The summed E-state index contributed by atoms with van der Waals surface area (Å²) in [5, 5.41) is 0. The van der Waals surface area contributed by atoms with Crippen LogP contribution < -0.4 is 10.8 Å². The molecule has 0 bridgehead atoms. The molecular formula is H5Cl2NO. The van der Waals surface area contributed by atoms with Crippen LogP contribution in [-0.2, 0) is 0 Å². The minimum atomic E-state index is 0. The highest BCUT2D eigenvalue weighted by atomic mass is 35.5. The highest BCUT2D eigenvalue weighted by Gasteiger charge is 0.535. The molecule has 0 aliphatic carbocycles. The second-order valence-corrected chi connectivity index (χ2v) is 0. The first-order chi connectivity index (χ1) is 1.00. The third kappa shape index (κ3) is 22.5. The van der Waals surface area contributed by atoms with E-state index in [1.807, 2.05) is 0 Å². The molecule has 30 valence electrons. The topological polar surface area (TPSA) is 58.1 Å². The predicted molar refractivity (Wildman–Crippen MR) is 13.7 cm³/mol. The van der Waals surface area contributed by atoms with Crippen LogP contribution in [0.5, 0.6) is 0 Å². The summed E-state index contributed by atoms with van der Waals surface area (Å²) in [7, 11) is 0. The Labute approximate surface area is 35.9 Å². The Morgan fingerprint density at radius 3 is 1.25 bits per heavy atom. The molecule has 4 heavy (non-hydrogen) atoms. The third-order valence-corrected chi connectivity index (χ3v) is 0. The van der Waals surface area contributed by atoms with Gasteiger partial charge in [0.25, 0.3) is 0 Å². The molecule has 0 spiro atoms. The Kier molecular flexibility index (Phi) is 536. The highest BCUT2D eigenvalue weighted by molar-refractivity contribution is 6.02. The van der Waals surface area contributed by atoms with Crippen LogP contribution in [0, 0.1) is 12.4 Å². The Hall–Kier alpha value is 0.500. The molecule has 0 radical (unpaired) electrons. The number of rotatable bonds is 0. The summed E-state index contributed by atoms with van der Waals surface area (Å²) in [5.74, 6) is 0. The van der Waals surface area contributed by atoms with Crippen LogP contribution in [-0.4, -0.2) is 0 Å². The van der Waals surface area contributed by atoms with E-state index in [0.717, 1.165) is 0 Å². The van der Waals surface area contributed by atoms with Crippen molar-refractivity contribution < 1.29 is 17.1 Å². The fourth-order valence-electron chi connectivity index (χ4n) is 0. The van der Waals surface area contributed by atoms with Gasteiger partial charge < -0.3 is 10.8 Å². The van der Waals surface area contributed by atoms with E-state index in [-0.39, 0.29) is 18.6 Å². The minimum absolute atomic E-state index is 0. The number of hydrogen-bond donors (Lipinski definition) is 1. The van der Waals surface area contributed by atoms with Crippen molar-refractivity contribution in [3.8, 4) is 0 Å². The van der Waals surface area contributed by atoms with Crippen LogP contribution in [0.4, 0.5) is 0 Å². The maximum absolute atomic E-state index is 7.72. The smallest absolute Gasteiger partial charge is 0.0903 e. The number of hydrogen-bond acceptors (Lipinski definition) is 2. The monoisotopic (exact) mass is 105 g/mol. The van der Waals surface area contributed by atoms with E-state index in [9.17, 15) is 0 Å². The highest BCUT2D eigenvalue weighted by Crippen LogP contribution is 1.12. The third-order valence-electron chi connectivity index (χ3n) is 0. The molecule has 0 atom stereocenters. The summed E-state index contributed by atoms with van der Waals surface area (Å²) in [4.78, 5) is 0. The van der Waals surface area contributed by atoms with Crippen LogP contribution >= 0.6 is 11.9 Å². The first kappa shape index (κ1) is 24.5. The van der Waals surface area contributed by atoms with Crippen molar-refractivity contribution in [2.75, 3.05) is 0 Å². The summed E-state index contributed by atoms with van der Waals surface area (Å²) in [5.41, 5.74) is 0. The van der Waals surface area contributed by atoms with Gasteiger partial charge in [-0.2, -0.15) is 0 Å². The van der Waals surface area contributed by atoms with Gasteiger partial charge in [-0.1, -0.05) is 0 Å². The van der Waals surface area contributed by atoms with E-state index in [1.54, 1.807) is 0 Å². The van der Waals surface area contributed by atoms with Gasteiger partial charge in [0.05, 0.1) is 12.4 Å². The van der Waals surface area contributed by atoms with Gasteiger partial charge >= 0.3 is 0 Å². The molecule has 0 rings (SSSR count). The average Bonchev–Trinajstić information content (AvgIpc) is 1.00. The van der Waals surface area contributed by atoms with Crippen molar-refractivity contribution in [1.82, 2.24) is 6.15 Å². The molecule has 0 unspecified atom stereocenters. The van der Waals surface area contributed by atoms with Crippen molar-refractivity contribution in [3.63, 3.8) is 0 Å². The molecule has 0 heterocycles. The van der Waals surface area contributed by atoms with E-state index in [2.05, 4.69) is 11.9 Å². The molecule has 0 aliphatic rings. The molecule has 0 saturated carbocycles. The Morgan fingerprint density at radius 1 is 1.25 bits per heavy atom. The summed E-state index contributed by atoms with van der Waals surface area (Å²) < 4.78 is 7.72. The van der Waals surface area contributed by atoms with Gasteiger partial charge in [0.15, 0.2) is 0 Å². The van der Waals surface area contributed by atoms with Crippen LogP contribution in [0.1, 0.15) is 0 Å². The molecule has 0 amide bonds. The van der Waals surface area contributed by atoms with Crippen molar-refractivity contribution >= 4 is 11.9 Å². The van der Waals surface area contributed by atoms with Gasteiger partial charge in [0.2, 0.25) is 0 Å². The van der Waals surface area contributed by atoms with Gasteiger partial charge in [0, 0.05) is 0 Å². The average molecular weight is 106 g/mol. The lowest BCUT2D eigenvalue weighted by Crippen LogP contribution is -1.62.